The van der Waals surface area contributed by atoms with E-state index >= 15 is 0 Å². The van der Waals surface area contributed by atoms with Crippen LogP contribution in [-0.2, 0) is 4.79 Å². The SMILES string of the molecule is COc1ccc(OC)c(OCCCC(C)(C)C(=O)O)c1. The third kappa shape index (κ3) is 4.33. The van der Waals surface area contributed by atoms with Crippen molar-refractivity contribution in [2.75, 3.05) is 20.8 Å². The Hall–Kier alpha value is -1.91. The second-order valence-corrected chi connectivity index (χ2v) is 5.16. The smallest absolute Gasteiger partial charge is 0.309 e. The van der Waals surface area contributed by atoms with Crippen LogP contribution in [0, 0.1) is 5.41 Å². The number of hydrogen-bond acceptors (Lipinski definition) is 4. The highest BCUT2D eigenvalue weighted by atomic mass is 16.5. The zero-order chi connectivity index (χ0) is 15.2. The van der Waals surface area contributed by atoms with Gasteiger partial charge in [-0.3, -0.25) is 4.79 Å². The molecule has 0 aromatic heterocycles. The number of benzene rings is 1. The second kappa shape index (κ2) is 7.03. The molecule has 5 nitrogen and oxygen atoms in total. The normalized spacial score (nSPS) is 11.0. The number of carbonyl (C=O) groups is 1. The lowest BCUT2D eigenvalue weighted by Crippen LogP contribution is -2.24. The van der Waals surface area contributed by atoms with Crippen LogP contribution in [0.5, 0.6) is 17.2 Å². The average molecular weight is 282 g/mol. The summed E-state index contributed by atoms with van der Waals surface area (Å²) in [5.41, 5.74) is -0.734. The van der Waals surface area contributed by atoms with Gasteiger partial charge in [-0.2, -0.15) is 0 Å². The van der Waals surface area contributed by atoms with Crippen LogP contribution in [0.2, 0.25) is 0 Å². The number of hydrogen-bond donors (Lipinski definition) is 1. The third-order valence-corrected chi connectivity index (χ3v) is 3.15. The summed E-state index contributed by atoms with van der Waals surface area (Å²) in [6, 6.07) is 5.32. The van der Waals surface area contributed by atoms with E-state index in [2.05, 4.69) is 0 Å². The molecule has 0 spiro atoms. The van der Waals surface area contributed by atoms with Gasteiger partial charge in [0.2, 0.25) is 0 Å². The van der Waals surface area contributed by atoms with E-state index in [1.54, 1.807) is 46.3 Å². The molecule has 0 atom stereocenters. The Morgan fingerprint density at radius 3 is 2.45 bits per heavy atom. The van der Waals surface area contributed by atoms with Crippen molar-refractivity contribution in [2.45, 2.75) is 26.7 Å². The van der Waals surface area contributed by atoms with Crippen molar-refractivity contribution in [1.29, 1.82) is 0 Å². The molecule has 1 aromatic rings. The Kier molecular flexibility index (Phi) is 5.67. The van der Waals surface area contributed by atoms with E-state index in [-0.39, 0.29) is 0 Å². The topological polar surface area (TPSA) is 65.0 Å². The minimum absolute atomic E-state index is 0.431. The third-order valence-electron chi connectivity index (χ3n) is 3.15. The van der Waals surface area contributed by atoms with Gasteiger partial charge in [-0.05, 0) is 38.8 Å². The first-order valence-electron chi connectivity index (χ1n) is 6.49. The fourth-order valence-electron chi connectivity index (χ4n) is 1.70. The van der Waals surface area contributed by atoms with Gasteiger partial charge in [0.25, 0.3) is 0 Å². The number of aliphatic carboxylic acids is 1. The minimum Gasteiger partial charge on any atom is -0.497 e. The molecule has 0 fully saturated rings. The number of ether oxygens (including phenoxy) is 3. The van der Waals surface area contributed by atoms with Crippen molar-refractivity contribution in [3.63, 3.8) is 0 Å². The first kappa shape index (κ1) is 16.1. The lowest BCUT2D eigenvalue weighted by Gasteiger charge is -2.19. The van der Waals surface area contributed by atoms with Crippen molar-refractivity contribution in [3.05, 3.63) is 18.2 Å². The molecule has 5 heteroatoms. The van der Waals surface area contributed by atoms with Gasteiger partial charge in [0, 0.05) is 6.07 Å². The van der Waals surface area contributed by atoms with Crippen LogP contribution < -0.4 is 14.2 Å². The summed E-state index contributed by atoms with van der Waals surface area (Å²) < 4.78 is 16.0. The fraction of sp³-hybridized carbons (Fsp3) is 0.533. The molecule has 0 amide bonds. The molecule has 0 unspecified atom stereocenters. The molecule has 1 rings (SSSR count). The molecule has 20 heavy (non-hydrogen) atoms. The van der Waals surface area contributed by atoms with Gasteiger partial charge < -0.3 is 19.3 Å². The predicted molar refractivity (Wildman–Crippen MR) is 75.7 cm³/mol. The Labute approximate surface area is 119 Å². The number of carboxylic acids is 1. The van der Waals surface area contributed by atoms with Crippen LogP contribution in [0.25, 0.3) is 0 Å². The van der Waals surface area contributed by atoms with Gasteiger partial charge >= 0.3 is 5.97 Å². The van der Waals surface area contributed by atoms with Crippen molar-refractivity contribution in [2.24, 2.45) is 5.41 Å². The molecule has 0 aliphatic rings. The largest absolute Gasteiger partial charge is 0.497 e. The van der Waals surface area contributed by atoms with E-state index in [0.717, 1.165) is 0 Å². The first-order chi connectivity index (χ1) is 9.40. The second-order valence-electron chi connectivity index (χ2n) is 5.16. The summed E-state index contributed by atoms with van der Waals surface area (Å²) in [5, 5.41) is 9.03. The molecule has 0 saturated heterocycles. The van der Waals surface area contributed by atoms with Crippen LogP contribution in [-0.4, -0.2) is 31.9 Å². The van der Waals surface area contributed by atoms with Crippen LogP contribution in [0.4, 0.5) is 0 Å². The summed E-state index contributed by atoms with van der Waals surface area (Å²) in [6.07, 6.45) is 1.20. The Balaban J connectivity index is 2.55. The molecule has 1 aromatic carbocycles. The summed E-state index contributed by atoms with van der Waals surface area (Å²) in [5.74, 6) is 1.12. The molecule has 112 valence electrons. The van der Waals surface area contributed by atoms with E-state index in [9.17, 15) is 4.79 Å². The van der Waals surface area contributed by atoms with Crippen molar-refractivity contribution < 1.29 is 24.1 Å². The highest BCUT2D eigenvalue weighted by molar-refractivity contribution is 5.73. The van der Waals surface area contributed by atoms with E-state index in [1.807, 2.05) is 0 Å². The standard InChI is InChI=1S/C15H22O5/c1-15(2,14(16)17)8-5-9-20-13-10-11(18-3)6-7-12(13)19-4/h6-7,10H,5,8-9H2,1-4H3,(H,16,17). The summed E-state index contributed by atoms with van der Waals surface area (Å²) >= 11 is 0. The summed E-state index contributed by atoms with van der Waals surface area (Å²) in [7, 11) is 3.16. The molecule has 0 aliphatic carbocycles. The van der Waals surface area contributed by atoms with Crippen molar-refractivity contribution >= 4 is 5.97 Å². The highest BCUT2D eigenvalue weighted by Gasteiger charge is 2.26. The van der Waals surface area contributed by atoms with Gasteiger partial charge in [-0.1, -0.05) is 0 Å². The molecule has 0 radical (unpaired) electrons. The first-order valence-corrected chi connectivity index (χ1v) is 6.49. The Morgan fingerprint density at radius 2 is 1.90 bits per heavy atom. The quantitative estimate of drug-likeness (QED) is 0.743. The molecule has 0 bridgehead atoms. The van der Waals surface area contributed by atoms with Crippen LogP contribution in [0.1, 0.15) is 26.7 Å². The van der Waals surface area contributed by atoms with Crippen molar-refractivity contribution in [3.8, 4) is 17.2 Å². The number of carboxylic acid groups (broad SMARTS) is 1. The van der Waals surface area contributed by atoms with E-state index in [0.29, 0.717) is 36.7 Å². The maximum atomic E-state index is 11.0. The zero-order valence-electron chi connectivity index (χ0n) is 12.4. The molecular formula is C15H22O5. The number of methoxy groups -OCH3 is 2. The van der Waals surface area contributed by atoms with Gasteiger partial charge in [-0.25, -0.2) is 0 Å². The van der Waals surface area contributed by atoms with Gasteiger partial charge in [0.1, 0.15) is 5.75 Å². The highest BCUT2D eigenvalue weighted by Crippen LogP contribution is 2.31. The predicted octanol–water partition coefficient (Wildman–Crippen LogP) is 2.97. The average Bonchev–Trinajstić information content (AvgIpc) is 2.43. The molecule has 0 saturated carbocycles. The van der Waals surface area contributed by atoms with Gasteiger partial charge in [-0.15, -0.1) is 0 Å². The number of rotatable bonds is 8. The Morgan fingerprint density at radius 1 is 1.20 bits per heavy atom. The lowest BCUT2D eigenvalue weighted by atomic mass is 9.88. The monoisotopic (exact) mass is 282 g/mol. The van der Waals surface area contributed by atoms with E-state index in [1.165, 1.54) is 0 Å². The van der Waals surface area contributed by atoms with Crippen molar-refractivity contribution in [1.82, 2.24) is 0 Å². The van der Waals surface area contributed by atoms with E-state index in [4.69, 9.17) is 19.3 Å². The molecular weight excluding hydrogens is 260 g/mol. The van der Waals surface area contributed by atoms with Crippen LogP contribution in [0.15, 0.2) is 18.2 Å². The van der Waals surface area contributed by atoms with Gasteiger partial charge in [0.05, 0.1) is 26.2 Å². The maximum absolute atomic E-state index is 11.0. The summed E-state index contributed by atoms with van der Waals surface area (Å²) in [4.78, 5) is 11.0. The Bertz CT molecular complexity index is 454. The van der Waals surface area contributed by atoms with E-state index < -0.39 is 11.4 Å². The lowest BCUT2D eigenvalue weighted by molar-refractivity contribution is -0.147. The fourth-order valence-corrected chi connectivity index (χ4v) is 1.70. The summed E-state index contributed by atoms with van der Waals surface area (Å²) in [6.45, 7) is 3.85. The molecule has 0 aliphatic heterocycles. The van der Waals surface area contributed by atoms with Crippen LogP contribution in [0.3, 0.4) is 0 Å². The minimum atomic E-state index is -0.795. The molecule has 1 N–H and O–H groups in total. The van der Waals surface area contributed by atoms with Crippen LogP contribution >= 0.6 is 0 Å². The maximum Gasteiger partial charge on any atom is 0.309 e. The van der Waals surface area contributed by atoms with Gasteiger partial charge in [0.15, 0.2) is 11.5 Å². The zero-order valence-corrected chi connectivity index (χ0v) is 12.4. The molecule has 0 heterocycles.